The summed E-state index contributed by atoms with van der Waals surface area (Å²) < 4.78 is 16.1. The van der Waals surface area contributed by atoms with Gasteiger partial charge in [-0.05, 0) is 31.2 Å². The average molecular weight is 386 g/mol. The van der Waals surface area contributed by atoms with Crippen LogP contribution < -0.4 is 14.8 Å². The van der Waals surface area contributed by atoms with Gasteiger partial charge >= 0.3 is 0 Å². The highest BCUT2D eigenvalue weighted by molar-refractivity contribution is 8.00. The van der Waals surface area contributed by atoms with Crippen molar-refractivity contribution < 1.29 is 18.7 Å². The van der Waals surface area contributed by atoms with Crippen LogP contribution in [0.15, 0.2) is 52.4 Å². The third-order valence-electron chi connectivity index (χ3n) is 3.63. The van der Waals surface area contributed by atoms with Crippen LogP contribution in [-0.4, -0.2) is 40.6 Å². The van der Waals surface area contributed by atoms with Crippen molar-refractivity contribution in [3.63, 3.8) is 0 Å². The maximum absolute atomic E-state index is 12.5. The number of ether oxygens (including phenoxy) is 2. The number of aromatic nitrogens is 3. The molecule has 2 heterocycles. The fourth-order valence-corrected chi connectivity index (χ4v) is 2.90. The largest absolute Gasteiger partial charge is 0.497 e. The van der Waals surface area contributed by atoms with E-state index in [2.05, 4.69) is 20.5 Å². The Morgan fingerprint density at radius 2 is 2.07 bits per heavy atom. The molecule has 0 radical (unpaired) electrons. The Kier molecular flexibility index (Phi) is 5.92. The van der Waals surface area contributed by atoms with E-state index in [1.165, 1.54) is 18.9 Å². The minimum Gasteiger partial charge on any atom is -0.497 e. The summed E-state index contributed by atoms with van der Waals surface area (Å²) in [5.41, 5.74) is 1.24. The zero-order valence-corrected chi connectivity index (χ0v) is 15.8. The topological polar surface area (TPSA) is 99.4 Å². The van der Waals surface area contributed by atoms with Crippen molar-refractivity contribution >= 4 is 23.4 Å². The van der Waals surface area contributed by atoms with Gasteiger partial charge in [0, 0.05) is 18.5 Å². The summed E-state index contributed by atoms with van der Waals surface area (Å²) in [4.78, 5) is 16.5. The minimum absolute atomic E-state index is 0.229. The molecular weight excluding hydrogens is 368 g/mol. The van der Waals surface area contributed by atoms with E-state index in [1.54, 1.807) is 50.7 Å². The van der Waals surface area contributed by atoms with Crippen LogP contribution in [0.5, 0.6) is 11.5 Å². The number of nitrogens with one attached hydrogen (secondary N) is 1. The van der Waals surface area contributed by atoms with Crippen molar-refractivity contribution in [3.05, 3.63) is 42.7 Å². The average Bonchev–Trinajstić information content (AvgIpc) is 3.17. The molecule has 0 saturated heterocycles. The minimum atomic E-state index is -0.469. The summed E-state index contributed by atoms with van der Waals surface area (Å²) in [6, 6.07) is 8.78. The SMILES string of the molecule is COc1ccc(OC)c(NC(=O)C(C)Sc2nnc(-c3cccnc3)o2)c1. The van der Waals surface area contributed by atoms with Crippen molar-refractivity contribution in [2.24, 2.45) is 0 Å². The molecule has 0 aliphatic heterocycles. The highest BCUT2D eigenvalue weighted by Gasteiger charge is 2.20. The van der Waals surface area contributed by atoms with Crippen LogP contribution in [0.4, 0.5) is 5.69 Å². The maximum atomic E-state index is 12.5. The Morgan fingerprint density at radius 1 is 1.22 bits per heavy atom. The third kappa shape index (κ3) is 4.56. The normalized spacial score (nSPS) is 11.7. The summed E-state index contributed by atoms with van der Waals surface area (Å²) in [5, 5.41) is 10.6. The number of nitrogens with zero attached hydrogens (tertiary/aromatic N) is 3. The van der Waals surface area contributed by atoms with E-state index in [9.17, 15) is 4.79 Å². The molecule has 0 fully saturated rings. The fourth-order valence-electron chi connectivity index (χ4n) is 2.21. The molecule has 0 aliphatic rings. The molecule has 0 spiro atoms. The van der Waals surface area contributed by atoms with E-state index in [1.807, 2.05) is 6.07 Å². The fraction of sp³-hybridized carbons (Fsp3) is 0.222. The van der Waals surface area contributed by atoms with E-state index >= 15 is 0 Å². The van der Waals surface area contributed by atoms with E-state index < -0.39 is 5.25 Å². The van der Waals surface area contributed by atoms with Gasteiger partial charge in [-0.25, -0.2) is 0 Å². The van der Waals surface area contributed by atoms with Gasteiger partial charge in [-0.15, -0.1) is 10.2 Å². The summed E-state index contributed by atoms with van der Waals surface area (Å²) in [7, 11) is 3.09. The Morgan fingerprint density at radius 3 is 2.78 bits per heavy atom. The number of pyridine rings is 1. The number of carbonyl (C=O) groups is 1. The number of anilines is 1. The lowest BCUT2D eigenvalue weighted by atomic mass is 10.2. The molecule has 8 nitrogen and oxygen atoms in total. The molecule has 1 atom stereocenters. The zero-order valence-electron chi connectivity index (χ0n) is 15.0. The number of hydrogen-bond acceptors (Lipinski definition) is 8. The first-order valence-electron chi connectivity index (χ1n) is 8.04. The second kappa shape index (κ2) is 8.54. The molecule has 0 aliphatic carbocycles. The molecule has 1 amide bonds. The van der Waals surface area contributed by atoms with Crippen molar-refractivity contribution in [2.45, 2.75) is 17.4 Å². The Balaban J connectivity index is 1.67. The van der Waals surface area contributed by atoms with Crippen molar-refractivity contribution in [2.75, 3.05) is 19.5 Å². The van der Waals surface area contributed by atoms with Crippen molar-refractivity contribution in [3.8, 4) is 23.0 Å². The number of rotatable bonds is 7. The highest BCUT2D eigenvalue weighted by Crippen LogP contribution is 2.31. The van der Waals surface area contributed by atoms with Gasteiger partial charge in [0.2, 0.25) is 11.8 Å². The monoisotopic (exact) mass is 386 g/mol. The number of hydrogen-bond donors (Lipinski definition) is 1. The number of amides is 1. The van der Waals surface area contributed by atoms with E-state index in [-0.39, 0.29) is 5.91 Å². The molecule has 3 aromatic rings. The molecule has 2 aromatic heterocycles. The molecule has 9 heteroatoms. The van der Waals surface area contributed by atoms with Crippen LogP contribution in [0.3, 0.4) is 0 Å². The van der Waals surface area contributed by atoms with Gasteiger partial charge in [0.15, 0.2) is 0 Å². The lowest BCUT2D eigenvalue weighted by Gasteiger charge is -2.14. The second-order valence-electron chi connectivity index (χ2n) is 5.43. The van der Waals surface area contributed by atoms with Crippen LogP contribution in [0, 0.1) is 0 Å². The molecule has 1 aromatic carbocycles. The number of benzene rings is 1. The first kappa shape index (κ1) is 18.7. The number of methoxy groups -OCH3 is 2. The van der Waals surface area contributed by atoms with Crippen LogP contribution in [0.1, 0.15) is 6.92 Å². The second-order valence-corrected chi connectivity index (χ2v) is 6.72. The molecule has 140 valence electrons. The predicted molar refractivity (Wildman–Crippen MR) is 101 cm³/mol. The highest BCUT2D eigenvalue weighted by atomic mass is 32.2. The standard InChI is InChI=1S/C18H18N4O4S/c1-11(16(23)20-14-9-13(24-2)6-7-15(14)25-3)27-18-22-21-17(26-18)12-5-4-8-19-10-12/h4-11H,1-3H3,(H,20,23). The Labute approximate surface area is 160 Å². The quantitative estimate of drug-likeness (QED) is 0.618. The van der Waals surface area contributed by atoms with E-state index in [0.717, 1.165) is 5.56 Å². The Hall–Kier alpha value is -3.07. The molecule has 0 saturated carbocycles. The number of carbonyl (C=O) groups excluding carboxylic acids is 1. The molecule has 1 N–H and O–H groups in total. The summed E-state index contributed by atoms with van der Waals surface area (Å²) in [6.07, 6.45) is 3.29. The lowest BCUT2D eigenvalue weighted by Crippen LogP contribution is -2.22. The van der Waals surface area contributed by atoms with Crippen molar-refractivity contribution in [1.29, 1.82) is 0 Å². The van der Waals surface area contributed by atoms with Gasteiger partial charge in [0.05, 0.1) is 30.7 Å². The van der Waals surface area contributed by atoms with Crippen LogP contribution in [0.25, 0.3) is 11.5 Å². The van der Waals surface area contributed by atoms with Crippen LogP contribution in [-0.2, 0) is 4.79 Å². The number of thioether (sulfide) groups is 1. The third-order valence-corrected chi connectivity index (χ3v) is 4.56. The van der Waals surface area contributed by atoms with Crippen LogP contribution >= 0.6 is 11.8 Å². The van der Waals surface area contributed by atoms with Gasteiger partial charge in [-0.1, -0.05) is 11.8 Å². The van der Waals surface area contributed by atoms with E-state index in [4.69, 9.17) is 13.9 Å². The first-order valence-corrected chi connectivity index (χ1v) is 8.92. The van der Waals surface area contributed by atoms with Gasteiger partial charge in [0.1, 0.15) is 11.5 Å². The summed E-state index contributed by atoms with van der Waals surface area (Å²) in [5.74, 6) is 1.28. The lowest BCUT2D eigenvalue weighted by molar-refractivity contribution is -0.115. The Bertz CT molecular complexity index is 917. The first-order chi connectivity index (χ1) is 13.1. The maximum Gasteiger partial charge on any atom is 0.277 e. The summed E-state index contributed by atoms with van der Waals surface area (Å²) >= 11 is 1.17. The molecule has 27 heavy (non-hydrogen) atoms. The molecule has 0 bridgehead atoms. The van der Waals surface area contributed by atoms with Crippen molar-refractivity contribution in [1.82, 2.24) is 15.2 Å². The zero-order chi connectivity index (χ0) is 19.2. The smallest absolute Gasteiger partial charge is 0.277 e. The van der Waals surface area contributed by atoms with Gasteiger partial charge in [0.25, 0.3) is 5.22 Å². The predicted octanol–water partition coefficient (Wildman–Crippen LogP) is 3.27. The van der Waals surface area contributed by atoms with Gasteiger partial charge in [-0.3, -0.25) is 9.78 Å². The van der Waals surface area contributed by atoms with Crippen LogP contribution in [0.2, 0.25) is 0 Å². The van der Waals surface area contributed by atoms with Gasteiger partial charge < -0.3 is 19.2 Å². The molecular formula is C18H18N4O4S. The molecule has 3 rings (SSSR count). The van der Waals surface area contributed by atoms with E-state index in [0.29, 0.717) is 28.3 Å². The van der Waals surface area contributed by atoms with Gasteiger partial charge in [-0.2, -0.15) is 0 Å². The summed E-state index contributed by atoms with van der Waals surface area (Å²) in [6.45, 7) is 1.75. The molecule has 1 unspecified atom stereocenters.